The number of ether oxygens (including phenoxy) is 4. The molecule has 0 unspecified atom stereocenters. The third-order valence-corrected chi connectivity index (χ3v) is 8.12. The van der Waals surface area contributed by atoms with Gasteiger partial charge in [-0.05, 0) is 66.6 Å². The van der Waals surface area contributed by atoms with Crippen molar-refractivity contribution in [2.24, 2.45) is 0 Å². The number of nitrogens with one attached hydrogen (secondary N) is 1. The van der Waals surface area contributed by atoms with E-state index in [2.05, 4.69) is 16.8 Å². The van der Waals surface area contributed by atoms with Crippen LogP contribution in [0.4, 0.5) is 0 Å². The van der Waals surface area contributed by atoms with Gasteiger partial charge in [-0.2, -0.15) is 0 Å². The Hall–Kier alpha value is -4.62. The van der Waals surface area contributed by atoms with Gasteiger partial charge in [0.15, 0.2) is 0 Å². The molecule has 1 saturated heterocycles. The molecule has 1 aromatic heterocycles. The van der Waals surface area contributed by atoms with Crippen molar-refractivity contribution in [1.82, 2.24) is 9.55 Å². The lowest BCUT2D eigenvalue weighted by Gasteiger charge is -2.37. The summed E-state index contributed by atoms with van der Waals surface area (Å²) in [5, 5.41) is 11.2. The first-order valence-electron chi connectivity index (χ1n) is 14.8. The number of methoxy groups -OCH3 is 2. The van der Waals surface area contributed by atoms with E-state index < -0.39 is 35.3 Å². The lowest BCUT2D eigenvalue weighted by atomic mass is 9.80. The molecule has 2 aliphatic rings. The zero-order valence-electron chi connectivity index (χ0n) is 25.4. The molecule has 4 aromatic rings. The Balaban J connectivity index is 1.32. The highest BCUT2D eigenvalue weighted by Gasteiger charge is 2.42. The normalized spacial score (nSPS) is 19.8. The van der Waals surface area contributed by atoms with Crippen LogP contribution in [-0.2, 0) is 15.1 Å². The summed E-state index contributed by atoms with van der Waals surface area (Å²) in [6.45, 7) is -0.0215. The summed E-state index contributed by atoms with van der Waals surface area (Å²) in [5.74, 6) is 7.90. The number of aliphatic hydroxyl groups is 1. The van der Waals surface area contributed by atoms with E-state index in [4.69, 9.17) is 18.9 Å². The first-order chi connectivity index (χ1) is 22.4. The van der Waals surface area contributed by atoms with E-state index >= 15 is 0 Å². The predicted molar refractivity (Wildman–Crippen MR) is 171 cm³/mol. The van der Waals surface area contributed by atoms with Crippen LogP contribution in [0, 0.1) is 43.4 Å². The molecule has 1 aliphatic carbocycles. The van der Waals surface area contributed by atoms with Gasteiger partial charge in [0.1, 0.15) is 35.0 Å². The molecule has 5 radical (unpaired) electrons. The van der Waals surface area contributed by atoms with Crippen molar-refractivity contribution >= 4 is 0 Å². The lowest BCUT2D eigenvalue weighted by molar-refractivity contribution is -0.0944. The summed E-state index contributed by atoms with van der Waals surface area (Å²) in [4.78, 5) is 27.7. The van der Waals surface area contributed by atoms with Crippen LogP contribution < -0.4 is 20.7 Å². The Kier molecular flexibility index (Phi) is 9.41. The molecule has 46 heavy (non-hydrogen) atoms. The highest BCUT2D eigenvalue weighted by atomic mass is 16.6. The summed E-state index contributed by atoms with van der Waals surface area (Å²) >= 11 is 0. The van der Waals surface area contributed by atoms with E-state index in [0.717, 1.165) is 22.6 Å². The fourth-order valence-corrected chi connectivity index (χ4v) is 5.70. The van der Waals surface area contributed by atoms with Crippen molar-refractivity contribution in [3.63, 3.8) is 0 Å². The third kappa shape index (κ3) is 6.38. The van der Waals surface area contributed by atoms with Gasteiger partial charge in [-0.3, -0.25) is 14.3 Å². The summed E-state index contributed by atoms with van der Waals surface area (Å²) in [6.07, 6.45) is 6.24. The van der Waals surface area contributed by atoms with Gasteiger partial charge >= 0.3 is 5.69 Å². The lowest BCUT2D eigenvalue weighted by Crippen LogP contribution is -2.38. The van der Waals surface area contributed by atoms with Gasteiger partial charge in [0.25, 0.3) is 5.56 Å². The number of hydrogen-bond acceptors (Lipinski definition) is 7. The van der Waals surface area contributed by atoms with Gasteiger partial charge in [-0.1, -0.05) is 66.4 Å². The first kappa shape index (κ1) is 31.4. The molecule has 0 amide bonds. The van der Waals surface area contributed by atoms with Gasteiger partial charge in [0, 0.05) is 12.6 Å². The second-order valence-corrected chi connectivity index (χ2v) is 10.9. The molecule has 1 aliphatic heterocycles. The number of H-pyrrole nitrogens is 1. The molecule has 6 rings (SSSR count). The standard InChI is InChI=1S/C37H33N2O7/c1-43-30-18-14-28(15-19-30)37(27-10-4-3-5-11-27,29-16-20-31(44-2)21-17-29)45-24-33-32(40)22-34(46-33)39-23-26(35(41)38-36(39)42)13-12-25-8-6-7-9-25/h3-11,14-21,23,32-34,40H,22,24H2,1-2H3,(H,38,41,42)/t32-,33+,34+/m0/s1. The number of benzene rings is 3. The van der Waals surface area contributed by atoms with Gasteiger partial charge in [0.2, 0.25) is 0 Å². The Bertz CT molecular complexity index is 1750. The highest BCUT2D eigenvalue weighted by Crippen LogP contribution is 2.42. The van der Waals surface area contributed by atoms with Crippen molar-refractivity contribution in [1.29, 1.82) is 0 Å². The van der Waals surface area contributed by atoms with E-state index in [9.17, 15) is 14.7 Å². The van der Waals surface area contributed by atoms with E-state index in [1.807, 2.05) is 105 Å². The average Bonchev–Trinajstić information content (AvgIpc) is 3.75. The van der Waals surface area contributed by atoms with Crippen LogP contribution in [0.3, 0.4) is 0 Å². The molecule has 9 nitrogen and oxygen atoms in total. The fraction of sp³-hybridized carbons (Fsp3) is 0.216. The minimum atomic E-state index is -1.11. The third-order valence-electron chi connectivity index (χ3n) is 8.12. The van der Waals surface area contributed by atoms with Gasteiger partial charge in [-0.25, -0.2) is 4.79 Å². The van der Waals surface area contributed by atoms with Crippen molar-refractivity contribution in [3.05, 3.63) is 160 Å². The molecule has 3 atom stereocenters. The summed E-state index contributed by atoms with van der Waals surface area (Å²) in [7, 11) is 3.22. The number of hydrogen-bond donors (Lipinski definition) is 2. The average molecular weight is 618 g/mol. The fourth-order valence-electron chi connectivity index (χ4n) is 5.70. The van der Waals surface area contributed by atoms with E-state index in [-0.39, 0.29) is 18.6 Å². The molecular formula is C37H33N2O7. The zero-order chi connectivity index (χ0) is 32.1. The predicted octanol–water partition coefficient (Wildman–Crippen LogP) is 3.97. The Morgan fingerprint density at radius 2 is 1.46 bits per heavy atom. The van der Waals surface area contributed by atoms with Gasteiger partial charge < -0.3 is 24.1 Å². The number of aromatic nitrogens is 2. The van der Waals surface area contributed by atoms with Gasteiger partial charge in [0.05, 0.1) is 32.8 Å². The maximum Gasteiger partial charge on any atom is 0.330 e. The van der Waals surface area contributed by atoms with Crippen molar-refractivity contribution in [2.75, 3.05) is 20.8 Å². The zero-order valence-corrected chi connectivity index (χ0v) is 25.4. The van der Waals surface area contributed by atoms with Crippen LogP contribution in [-0.4, -0.2) is 47.7 Å². The quantitative estimate of drug-likeness (QED) is 0.216. The first-order valence-corrected chi connectivity index (χ1v) is 14.8. The van der Waals surface area contributed by atoms with Crippen molar-refractivity contribution in [3.8, 4) is 23.3 Å². The molecule has 2 heterocycles. The maximum absolute atomic E-state index is 12.8. The smallest absolute Gasteiger partial charge is 0.330 e. The Morgan fingerprint density at radius 1 is 0.870 bits per heavy atom. The van der Waals surface area contributed by atoms with E-state index in [0.29, 0.717) is 11.5 Å². The molecule has 1 saturated carbocycles. The molecule has 0 spiro atoms. The van der Waals surface area contributed by atoms with E-state index in [1.54, 1.807) is 14.2 Å². The topological polar surface area (TPSA) is 112 Å². The molecule has 2 fully saturated rings. The number of nitrogens with zero attached hydrogens (tertiary/aromatic N) is 1. The largest absolute Gasteiger partial charge is 0.497 e. The van der Waals surface area contributed by atoms with Crippen molar-refractivity contribution in [2.45, 2.75) is 30.5 Å². The van der Waals surface area contributed by atoms with Crippen LogP contribution in [0.25, 0.3) is 0 Å². The van der Waals surface area contributed by atoms with Crippen LogP contribution in [0.1, 0.15) is 34.9 Å². The summed E-state index contributed by atoms with van der Waals surface area (Å²) < 4.78 is 25.2. The molecule has 9 heteroatoms. The maximum atomic E-state index is 12.8. The van der Waals surface area contributed by atoms with Crippen LogP contribution in [0.2, 0.25) is 0 Å². The SMILES string of the molecule is COc1ccc(C(OC[C@H]2O[C@@H](n3cc(C#C[C]4[CH][CH][CH][CH]4)c(=O)[nH]c3=O)C[C@@H]2O)(c2ccccc2)c2ccc(OC)cc2)cc1. The second kappa shape index (κ2) is 13.8. The molecular weight excluding hydrogens is 584 g/mol. The molecule has 0 bridgehead atoms. The monoisotopic (exact) mass is 617 g/mol. The summed E-state index contributed by atoms with van der Waals surface area (Å²) in [5.41, 5.74) is 0.277. The molecule has 2 N–H and O–H groups in total. The minimum Gasteiger partial charge on any atom is -0.497 e. The van der Waals surface area contributed by atoms with Crippen LogP contribution >= 0.6 is 0 Å². The second-order valence-electron chi connectivity index (χ2n) is 10.9. The molecule has 233 valence electrons. The molecule has 3 aromatic carbocycles. The van der Waals surface area contributed by atoms with Crippen molar-refractivity contribution < 1.29 is 24.1 Å². The number of rotatable bonds is 9. The van der Waals surface area contributed by atoms with Gasteiger partial charge in [-0.15, -0.1) is 0 Å². The summed E-state index contributed by atoms with van der Waals surface area (Å²) in [6, 6.07) is 25.1. The minimum absolute atomic E-state index is 0.0215. The number of aliphatic hydroxyl groups excluding tert-OH is 1. The highest BCUT2D eigenvalue weighted by molar-refractivity contribution is 5.51. The Morgan fingerprint density at radius 3 is 2.04 bits per heavy atom. The Labute approximate surface area is 267 Å². The van der Waals surface area contributed by atoms with Crippen LogP contribution in [0.15, 0.2) is 94.6 Å². The number of aromatic amines is 1. The van der Waals surface area contributed by atoms with Crippen LogP contribution in [0.5, 0.6) is 11.5 Å². The van der Waals surface area contributed by atoms with E-state index in [1.165, 1.54) is 10.8 Å².